The third-order valence-electron chi connectivity index (χ3n) is 1.45. The van der Waals surface area contributed by atoms with Crippen molar-refractivity contribution in [3.05, 3.63) is 27.7 Å². The van der Waals surface area contributed by atoms with Crippen LogP contribution in [0.5, 0.6) is 0 Å². The first-order chi connectivity index (χ1) is 6.38. The molecule has 0 aromatic heterocycles. The van der Waals surface area contributed by atoms with Crippen LogP contribution in [0, 0.1) is 11.3 Å². The third kappa shape index (κ3) is 1.99. The van der Waals surface area contributed by atoms with Crippen LogP contribution < -0.4 is 5.14 Å². The second-order valence-electron chi connectivity index (χ2n) is 2.39. The molecule has 2 N–H and O–H groups in total. The van der Waals surface area contributed by atoms with Gasteiger partial charge in [-0.2, -0.15) is 5.26 Å². The van der Waals surface area contributed by atoms with Gasteiger partial charge in [-0.05, 0) is 12.1 Å². The molecule has 0 unspecified atom stereocenters. The van der Waals surface area contributed by atoms with E-state index in [4.69, 9.17) is 33.6 Å². The summed E-state index contributed by atoms with van der Waals surface area (Å²) in [5, 5.41) is 13.1. The van der Waals surface area contributed by atoms with E-state index in [1.165, 1.54) is 12.1 Å². The average molecular weight is 251 g/mol. The van der Waals surface area contributed by atoms with Gasteiger partial charge in [0, 0.05) is 0 Å². The van der Waals surface area contributed by atoms with Crippen molar-refractivity contribution >= 4 is 33.2 Å². The molecule has 0 aliphatic heterocycles. The fourth-order valence-electron chi connectivity index (χ4n) is 0.880. The Morgan fingerprint density at radius 2 is 1.93 bits per heavy atom. The minimum absolute atomic E-state index is 0.0140. The van der Waals surface area contributed by atoms with Gasteiger partial charge in [-0.15, -0.1) is 0 Å². The summed E-state index contributed by atoms with van der Waals surface area (Å²) in [6, 6.07) is 4.30. The van der Waals surface area contributed by atoms with Crippen LogP contribution in [0.15, 0.2) is 17.0 Å². The maximum atomic E-state index is 11.0. The molecule has 74 valence electrons. The lowest BCUT2D eigenvalue weighted by atomic mass is 10.2. The molecule has 0 aliphatic carbocycles. The molecule has 1 aromatic carbocycles. The monoisotopic (exact) mass is 250 g/mol. The first-order valence-electron chi connectivity index (χ1n) is 3.29. The van der Waals surface area contributed by atoms with Gasteiger partial charge < -0.3 is 0 Å². The maximum Gasteiger partial charge on any atom is 0.241 e. The molecule has 1 aromatic rings. The number of benzene rings is 1. The van der Waals surface area contributed by atoms with Gasteiger partial charge in [-0.25, -0.2) is 13.6 Å². The Hall–Kier alpha value is -0.800. The third-order valence-corrected chi connectivity index (χ3v) is 3.38. The van der Waals surface area contributed by atoms with E-state index in [9.17, 15) is 8.42 Å². The van der Waals surface area contributed by atoms with Gasteiger partial charge in [0.05, 0.1) is 15.6 Å². The van der Waals surface area contributed by atoms with E-state index in [0.29, 0.717) is 0 Å². The van der Waals surface area contributed by atoms with Crippen molar-refractivity contribution in [3.8, 4) is 6.07 Å². The van der Waals surface area contributed by atoms with Crippen LogP contribution in [0.1, 0.15) is 5.56 Å². The number of sulfonamides is 1. The highest BCUT2D eigenvalue weighted by Gasteiger charge is 2.19. The average Bonchev–Trinajstić information content (AvgIpc) is 2.02. The fraction of sp³-hybridized carbons (Fsp3) is 0. The molecular formula is C7H4Cl2N2O2S. The van der Waals surface area contributed by atoms with E-state index in [1.807, 2.05) is 0 Å². The van der Waals surface area contributed by atoms with Gasteiger partial charge in [0.2, 0.25) is 10.0 Å². The van der Waals surface area contributed by atoms with Crippen LogP contribution in [-0.4, -0.2) is 8.42 Å². The number of primary sulfonamides is 1. The number of nitriles is 1. The molecule has 0 heterocycles. The molecule has 0 amide bonds. The van der Waals surface area contributed by atoms with Gasteiger partial charge in [-0.1, -0.05) is 23.2 Å². The summed E-state index contributed by atoms with van der Waals surface area (Å²) in [5.74, 6) is 0. The van der Waals surface area contributed by atoms with Gasteiger partial charge in [0.1, 0.15) is 11.0 Å². The highest BCUT2D eigenvalue weighted by atomic mass is 35.5. The van der Waals surface area contributed by atoms with E-state index in [2.05, 4.69) is 0 Å². The predicted molar refractivity (Wildman–Crippen MR) is 52.6 cm³/mol. The zero-order valence-electron chi connectivity index (χ0n) is 6.66. The summed E-state index contributed by atoms with van der Waals surface area (Å²) in [6.45, 7) is 0. The van der Waals surface area contributed by atoms with Crippen molar-refractivity contribution < 1.29 is 8.42 Å². The van der Waals surface area contributed by atoms with E-state index in [-0.39, 0.29) is 15.6 Å². The maximum absolute atomic E-state index is 11.0. The molecule has 7 heteroatoms. The highest BCUT2D eigenvalue weighted by molar-refractivity contribution is 7.89. The number of hydrogen-bond donors (Lipinski definition) is 1. The molecule has 0 radical (unpaired) electrons. The number of nitrogens with zero attached hydrogens (tertiary/aromatic N) is 1. The van der Waals surface area contributed by atoms with Crippen molar-refractivity contribution in [1.29, 1.82) is 5.26 Å². The lowest BCUT2D eigenvalue weighted by Gasteiger charge is -2.04. The van der Waals surface area contributed by atoms with Crippen molar-refractivity contribution in [2.45, 2.75) is 4.90 Å². The Morgan fingerprint density at radius 3 is 2.36 bits per heavy atom. The standard InChI is InChI=1S/C7H4Cl2N2O2S/c8-5-2-1-4(3-10)6(9)7(5)14(11,12)13/h1-2H,(H2,11,12,13). The van der Waals surface area contributed by atoms with Crippen molar-refractivity contribution in [3.63, 3.8) is 0 Å². The smallest absolute Gasteiger partial charge is 0.225 e. The van der Waals surface area contributed by atoms with Crippen molar-refractivity contribution in [1.82, 2.24) is 0 Å². The summed E-state index contributed by atoms with van der Waals surface area (Å²) in [4.78, 5) is -0.417. The van der Waals surface area contributed by atoms with E-state index in [0.717, 1.165) is 0 Å². The molecule has 0 spiro atoms. The van der Waals surface area contributed by atoms with Crippen LogP contribution in [-0.2, 0) is 10.0 Å². The first-order valence-corrected chi connectivity index (χ1v) is 5.59. The van der Waals surface area contributed by atoms with Gasteiger partial charge >= 0.3 is 0 Å². The van der Waals surface area contributed by atoms with Gasteiger partial charge in [-0.3, -0.25) is 0 Å². The largest absolute Gasteiger partial charge is 0.241 e. The number of rotatable bonds is 1. The van der Waals surface area contributed by atoms with Crippen LogP contribution in [0.4, 0.5) is 0 Å². The summed E-state index contributed by atoms with van der Waals surface area (Å²) >= 11 is 11.2. The Morgan fingerprint density at radius 1 is 1.36 bits per heavy atom. The Bertz CT molecular complexity index is 519. The zero-order chi connectivity index (χ0) is 10.9. The predicted octanol–water partition coefficient (Wildman–Crippen LogP) is 1.51. The van der Waals surface area contributed by atoms with E-state index < -0.39 is 14.9 Å². The molecule has 1 rings (SSSR count). The van der Waals surface area contributed by atoms with Crippen molar-refractivity contribution in [2.24, 2.45) is 5.14 Å². The van der Waals surface area contributed by atoms with Crippen LogP contribution in [0.2, 0.25) is 10.0 Å². The Kier molecular flexibility index (Phi) is 3.02. The summed E-state index contributed by atoms with van der Waals surface area (Å²) in [5.41, 5.74) is 0.0140. The number of halogens is 2. The summed E-state index contributed by atoms with van der Waals surface area (Å²) in [6.07, 6.45) is 0. The Balaban J connectivity index is 3.68. The Labute approximate surface area is 90.9 Å². The second-order valence-corrected chi connectivity index (χ2v) is 4.68. The van der Waals surface area contributed by atoms with Crippen LogP contribution in [0.3, 0.4) is 0 Å². The molecule has 0 atom stereocenters. The highest BCUT2D eigenvalue weighted by Crippen LogP contribution is 2.30. The van der Waals surface area contributed by atoms with E-state index in [1.54, 1.807) is 6.07 Å². The fourth-order valence-corrected chi connectivity index (χ4v) is 2.64. The molecule has 0 aliphatic rings. The SMILES string of the molecule is N#Cc1ccc(Cl)c(S(N)(=O)=O)c1Cl. The first kappa shape index (κ1) is 11.3. The van der Waals surface area contributed by atoms with Crippen molar-refractivity contribution in [2.75, 3.05) is 0 Å². The molecule has 0 saturated carbocycles. The molecule has 0 bridgehead atoms. The molecule has 4 nitrogen and oxygen atoms in total. The van der Waals surface area contributed by atoms with Gasteiger partial charge in [0.15, 0.2) is 0 Å². The minimum atomic E-state index is -4.01. The van der Waals surface area contributed by atoms with Crippen LogP contribution >= 0.6 is 23.2 Å². The number of hydrogen-bond acceptors (Lipinski definition) is 3. The van der Waals surface area contributed by atoms with Crippen LogP contribution in [0.25, 0.3) is 0 Å². The molecule has 0 fully saturated rings. The minimum Gasteiger partial charge on any atom is -0.225 e. The summed E-state index contributed by atoms with van der Waals surface area (Å²) in [7, 11) is -4.01. The van der Waals surface area contributed by atoms with E-state index >= 15 is 0 Å². The van der Waals surface area contributed by atoms with Gasteiger partial charge in [0.25, 0.3) is 0 Å². The summed E-state index contributed by atoms with van der Waals surface area (Å²) < 4.78 is 22.1. The topological polar surface area (TPSA) is 83.9 Å². The second kappa shape index (κ2) is 3.75. The quantitative estimate of drug-likeness (QED) is 0.820. The molecule has 14 heavy (non-hydrogen) atoms. The molecule has 0 saturated heterocycles. The zero-order valence-corrected chi connectivity index (χ0v) is 8.99. The molecular weight excluding hydrogens is 247 g/mol. The lowest BCUT2D eigenvalue weighted by molar-refractivity contribution is 0.598. The number of nitrogens with two attached hydrogens (primary N) is 1. The normalized spacial score (nSPS) is 11.0. The lowest BCUT2D eigenvalue weighted by Crippen LogP contribution is -2.13.